The third-order valence-corrected chi connectivity index (χ3v) is 5.10. The highest BCUT2D eigenvalue weighted by Crippen LogP contribution is 2.24. The van der Waals surface area contributed by atoms with E-state index in [4.69, 9.17) is 4.74 Å². The highest BCUT2D eigenvalue weighted by molar-refractivity contribution is 7.99. The van der Waals surface area contributed by atoms with Gasteiger partial charge in [0.2, 0.25) is 0 Å². The molecule has 2 heterocycles. The standard InChI is InChI=1S/C18H21N5O4S/c1-3-22-15(13-7-5-4-6-8-13)20-21-18(22)28-11-14(24)27-12(2)16(25)23-10-9-19-17(23)26/h4-8,12H,3,9-11H2,1-2H3,(H,19,26)/t12-/m1/s1. The van der Waals surface area contributed by atoms with Crippen molar-refractivity contribution in [2.45, 2.75) is 31.7 Å². The molecule has 1 atom stereocenters. The van der Waals surface area contributed by atoms with Crippen molar-refractivity contribution < 1.29 is 19.1 Å². The molecule has 0 radical (unpaired) electrons. The third kappa shape index (κ3) is 4.33. The monoisotopic (exact) mass is 403 g/mol. The van der Waals surface area contributed by atoms with Crippen LogP contribution in [-0.4, -0.2) is 62.5 Å². The molecule has 10 heteroatoms. The summed E-state index contributed by atoms with van der Waals surface area (Å²) in [6.07, 6.45) is -1.03. The molecule has 3 rings (SSSR count). The van der Waals surface area contributed by atoms with Crippen molar-refractivity contribution in [2.75, 3.05) is 18.8 Å². The minimum atomic E-state index is -1.03. The maximum Gasteiger partial charge on any atom is 0.324 e. The van der Waals surface area contributed by atoms with Crippen LogP contribution in [0, 0.1) is 0 Å². The summed E-state index contributed by atoms with van der Waals surface area (Å²) in [5, 5.41) is 11.5. The summed E-state index contributed by atoms with van der Waals surface area (Å²) in [4.78, 5) is 36.9. The zero-order valence-corrected chi connectivity index (χ0v) is 16.4. The van der Waals surface area contributed by atoms with Gasteiger partial charge in [-0.1, -0.05) is 42.1 Å². The topological polar surface area (TPSA) is 106 Å². The number of carbonyl (C=O) groups is 3. The summed E-state index contributed by atoms with van der Waals surface area (Å²) in [7, 11) is 0. The van der Waals surface area contributed by atoms with Crippen molar-refractivity contribution in [1.29, 1.82) is 0 Å². The summed E-state index contributed by atoms with van der Waals surface area (Å²) in [6, 6.07) is 9.20. The van der Waals surface area contributed by atoms with Crippen molar-refractivity contribution in [1.82, 2.24) is 25.0 Å². The van der Waals surface area contributed by atoms with E-state index in [9.17, 15) is 14.4 Å². The van der Waals surface area contributed by atoms with E-state index in [1.807, 2.05) is 41.8 Å². The number of ether oxygens (including phenoxy) is 1. The van der Waals surface area contributed by atoms with Crippen molar-refractivity contribution in [2.24, 2.45) is 0 Å². The van der Waals surface area contributed by atoms with Crippen LogP contribution < -0.4 is 5.32 Å². The summed E-state index contributed by atoms with van der Waals surface area (Å²) in [5.41, 5.74) is 0.939. The number of nitrogens with zero attached hydrogens (tertiary/aromatic N) is 4. The van der Waals surface area contributed by atoms with Gasteiger partial charge in [-0.15, -0.1) is 10.2 Å². The van der Waals surface area contributed by atoms with Crippen molar-refractivity contribution >= 4 is 29.7 Å². The lowest BCUT2D eigenvalue weighted by Gasteiger charge is -2.18. The van der Waals surface area contributed by atoms with Gasteiger partial charge >= 0.3 is 12.0 Å². The molecule has 1 aromatic carbocycles. The van der Waals surface area contributed by atoms with Gasteiger partial charge in [0.05, 0.1) is 5.75 Å². The first kappa shape index (κ1) is 19.9. The number of carbonyl (C=O) groups excluding carboxylic acids is 3. The Hall–Kier alpha value is -2.88. The highest BCUT2D eigenvalue weighted by atomic mass is 32.2. The number of urea groups is 1. The van der Waals surface area contributed by atoms with E-state index in [1.165, 1.54) is 18.7 Å². The first-order valence-corrected chi connectivity index (χ1v) is 9.90. The highest BCUT2D eigenvalue weighted by Gasteiger charge is 2.31. The minimum absolute atomic E-state index is 0.0171. The summed E-state index contributed by atoms with van der Waals surface area (Å²) >= 11 is 1.19. The molecular weight excluding hydrogens is 382 g/mol. The van der Waals surface area contributed by atoms with Gasteiger partial charge in [-0.25, -0.2) is 4.79 Å². The van der Waals surface area contributed by atoms with Crippen molar-refractivity contribution in [3.63, 3.8) is 0 Å². The van der Waals surface area contributed by atoms with E-state index >= 15 is 0 Å². The molecule has 0 bridgehead atoms. The molecule has 0 saturated carbocycles. The number of thioether (sulfide) groups is 1. The number of amides is 3. The number of hydrogen-bond donors (Lipinski definition) is 1. The van der Waals surface area contributed by atoms with Gasteiger partial charge in [0.1, 0.15) is 0 Å². The fourth-order valence-electron chi connectivity index (χ4n) is 2.79. The average molecular weight is 403 g/mol. The van der Waals surface area contributed by atoms with Crippen LogP contribution >= 0.6 is 11.8 Å². The summed E-state index contributed by atoms with van der Waals surface area (Å²) in [6.45, 7) is 4.75. The van der Waals surface area contributed by atoms with Crippen LogP contribution in [-0.2, 0) is 20.9 Å². The number of nitrogens with one attached hydrogen (secondary N) is 1. The van der Waals surface area contributed by atoms with Crippen LogP contribution in [0.25, 0.3) is 11.4 Å². The fourth-order valence-corrected chi connectivity index (χ4v) is 3.57. The van der Waals surface area contributed by atoms with Crippen LogP contribution in [0.2, 0.25) is 0 Å². The Kier molecular flexibility index (Phi) is 6.30. The molecular formula is C18H21N5O4S. The fraction of sp³-hybridized carbons (Fsp3) is 0.389. The molecule has 0 spiro atoms. The molecule has 28 heavy (non-hydrogen) atoms. The quantitative estimate of drug-likeness (QED) is 0.552. The maximum absolute atomic E-state index is 12.2. The van der Waals surface area contributed by atoms with E-state index in [-0.39, 0.29) is 12.3 Å². The van der Waals surface area contributed by atoms with Crippen LogP contribution in [0.15, 0.2) is 35.5 Å². The second kappa shape index (κ2) is 8.87. The Morgan fingerprint density at radius 1 is 1.29 bits per heavy atom. The second-order valence-corrected chi connectivity index (χ2v) is 7.00. The van der Waals surface area contributed by atoms with Crippen LogP contribution in [0.4, 0.5) is 4.79 Å². The largest absolute Gasteiger partial charge is 0.452 e. The van der Waals surface area contributed by atoms with Gasteiger partial charge in [0, 0.05) is 25.2 Å². The Morgan fingerprint density at radius 2 is 2.04 bits per heavy atom. The smallest absolute Gasteiger partial charge is 0.324 e. The van der Waals surface area contributed by atoms with Crippen molar-refractivity contribution in [3.8, 4) is 11.4 Å². The Bertz CT molecular complexity index is 870. The molecule has 2 aromatic rings. The minimum Gasteiger partial charge on any atom is -0.452 e. The Balaban J connectivity index is 1.58. The van der Waals surface area contributed by atoms with E-state index < -0.39 is 24.0 Å². The summed E-state index contributed by atoms with van der Waals surface area (Å²) in [5.74, 6) is -0.382. The van der Waals surface area contributed by atoms with E-state index in [0.717, 1.165) is 16.3 Å². The molecule has 1 N–H and O–H groups in total. The lowest BCUT2D eigenvalue weighted by molar-refractivity contribution is -0.155. The number of rotatable bonds is 7. The molecule has 148 valence electrons. The number of aromatic nitrogens is 3. The predicted octanol–water partition coefficient (Wildman–Crippen LogP) is 1.54. The van der Waals surface area contributed by atoms with Gasteiger partial charge in [0.25, 0.3) is 5.91 Å². The summed E-state index contributed by atoms with van der Waals surface area (Å²) < 4.78 is 7.08. The van der Waals surface area contributed by atoms with Gasteiger partial charge in [0.15, 0.2) is 17.1 Å². The molecule has 1 saturated heterocycles. The lowest BCUT2D eigenvalue weighted by atomic mass is 10.2. The Labute approximate surface area is 166 Å². The second-order valence-electron chi connectivity index (χ2n) is 6.06. The van der Waals surface area contributed by atoms with E-state index in [0.29, 0.717) is 18.2 Å². The normalized spacial score (nSPS) is 14.6. The van der Waals surface area contributed by atoms with Crippen LogP contribution in [0.1, 0.15) is 13.8 Å². The zero-order chi connectivity index (χ0) is 20.1. The molecule has 9 nitrogen and oxygen atoms in total. The molecule has 1 aliphatic heterocycles. The molecule has 3 amide bonds. The molecule has 0 aliphatic carbocycles. The van der Waals surface area contributed by atoms with E-state index in [1.54, 1.807) is 0 Å². The molecule has 1 fully saturated rings. The van der Waals surface area contributed by atoms with Crippen LogP contribution in [0.3, 0.4) is 0 Å². The SMILES string of the molecule is CCn1c(SCC(=O)O[C@H](C)C(=O)N2CCNC2=O)nnc1-c1ccccc1. The molecule has 1 aliphatic rings. The van der Waals surface area contributed by atoms with E-state index in [2.05, 4.69) is 15.5 Å². The van der Waals surface area contributed by atoms with Gasteiger partial charge in [-0.3, -0.25) is 14.5 Å². The predicted molar refractivity (Wildman–Crippen MR) is 103 cm³/mol. The van der Waals surface area contributed by atoms with Gasteiger partial charge in [-0.05, 0) is 13.8 Å². The first-order chi connectivity index (χ1) is 13.5. The third-order valence-electron chi connectivity index (χ3n) is 4.16. The zero-order valence-electron chi connectivity index (χ0n) is 15.6. The number of esters is 1. The maximum atomic E-state index is 12.2. The average Bonchev–Trinajstić information content (AvgIpc) is 3.32. The molecule has 1 aromatic heterocycles. The lowest BCUT2D eigenvalue weighted by Crippen LogP contribution is -2.42. The number of benzene rings is 1. The molecule has 0 unspecified atom stereocenters. The Morgan fingerprint density at radius 3 is 2.68 bits per heavy atom. The van der Waals surface area contributed by atoms with Gasteiger partial charge in [-0.2, -0.15) is 0 Å². The van der Waals surface area contributed by atoms with Crippen LogP contribution in [0.5, 0.6) is 0 Å². The number of hydrogen-bond acceptors (Lipinski definition) is 7. The van der Waals surface area contributed by atoms with Gasteiger partial charge < -0.3 is 14.6 Å². The number of imide groups is 1. The van der Waals surface area contributed by atoms with Crippen molar-refractivity contribution in [3.05, 3.63) is 30.3 Å². The first-order valence-electron chi connectivity index (χ1n) is 8.91.